The molecule has 0 amide bonds. The number of nitrogens with two attached hydrogens (primary N) is 1. The summed E-state index contributed by atoms with van der Waals surface area (Å²) in [4.78, 5) is 0. The van der Waals surface area contributed by atoms with Crippen LogP contribution in [0.5, 0.6) is 0 Å². The van der Waals surface area contributed by atoms with Gasteiger partial charge in [0.1, 0.15) is 5.82 Å². The number of hydrogen-bond donors (Lipinski definition) is 1. The lowest BCUT2D eigenvalue weighted by molar-refractivity contribution is -0.0527. The molecule has 0 aromatic carbocycles. The summed E-state index contributed by atoms with van der Waals surface area (Å²) in [5, 5.41) is 4.75. The molecular weight excluding hydrogens is 246 g/mol. The van der Waals surface area contributed by atoms with Gasteiger partial charge in [0.2, 0.25) is 0 Å². The van der Waals surface area contributed by atoms with Crippen LogP contribution in [-0.2, 0) is 19.9 Å². The molecule has 4 bridgehead atoms. The highest BCUT2D eigenvalue weighted by Crippen LogP contribution is 2.61. The Hall–Kier alpha value is -0.990. The molecule has 20 heavy (non-hydrogen) atoms. The Labute approximate surface area is 121 Å². The van der Waals surface area contributed by atoms with E-state index in [1.807, 2.05) is 11.7 Å². The van der Waals surface area contributed by atoms with Crippen molar-refractivity contribution in [3.63, 3.8) is 0 Å². The molecule has 3 heteroatoms. The van der Waals surface area contributed by atoms with Crippen molar-refractivity contribution in [2.24, 2.45) is 30.2 Å². The summed E-state index contributed by atoms with van der Waals surface area (Å²) in [6, 6.07) is 0. The maximum absolute atomic E-state index is 6.18. The minimum atomic E-state index is 0.569. The normalized spacial score (nSPS) is 38.6. The quantitative estimate of drug-likeness (QED) is 0.918. The van der Waals surface area contributed by atoms with Crippen LogP contribution in [-0.4, -0.2) is 9.78 Å². The number of anilines is 1. The van der Waals surface area contributed by atoms with Crippen molar-refractivity contribution in [1.29, 1.82) is 0 Å². The van der Waals surface area contributed by atoms with E-state index in [2.05, 4.69) is 6.92 Å². The van der Waals surface area contributed by atoms with E-state index in [1.165, 1.54) is 56.2 Å². The molecule has 1 heterocycles. The molecule has 1 aromatic heterocycles. The van der Waals surface area contributed by atoms with Crippen molar-refractivity contribution >= 4 is 5.82 Å². The molecule has 110 valence electrons. The summed E-state index contributed by atoms with van der Waals surface area (Å²) in [5.41, 5.74) is 9.36. The van der Waals surface area contributed by atoms with Crippen LogP contribution < -0.4 is 5.73 Å². The molecule has 1 aromatic rings. The maximum Gasteiger partial charge on any atom is 0.124 e. The number of aryl methyl sites for hydroxylation is 1. The van der Waals surface area contributed by atoms with Gasteiger partial charge in [-0.05, 0) is 74.5 Å². The zero-order valence-electron chi connectivity index (χ0n) is 12.9. The summed E-state index contributed by atoms with van der Waals surface area (Å²) >= 11 is 0. The molecule has 4 saturated carbocycles. The second kappa shape index (κ2) is 4.25. The van der Waals surface area contributed by atoms with E-state index in [0.717, 1.165) is 30.0 Å². The molecule has 0 saturated heterocycles. The van der Waals surface area contributed by atoms with Gasteiger partial charge in [-0.1, -0.05) is 6.92 Å². The highest BCUT2D eigenvalue weighted by molar-refractivity contribution is 5.43. The maximum atomic E-state index is 6.18. The Balaban J connectivity index is 1.64. The third kappa shape index (κ3) is 1.82. The molecule has 0 spiro atoms. The van der Waals surface area contributed by atoms with E-state index in [9.17, 15) is 0 Å². The Morgan fingerprint density at radius 2 is 1.70 bits per heavy atom. The Bertz CT molecular complexity index is 493. The van der Waals surface area contributed by atoms with Crippen molar-refractivity contribution in [3.8, 4) is 0 Å². The number of aromatic nitrogens is 2. The molecule has 5 rings (SSSR count). The third-order valence-corrected chi connectivity index (χ3v) is 6.34. The second-order valence-corrected chi connectivity index (χ2v) is 7.88. The standard InChI is InChI=1S/C17H27N3/c1-3-14-15(19-20(2)16(14)18)10-17-7-11-4-12(8-17)6-13(5-11)9-17/h11-13H,3-10,18H2,1-2H3. The minimum absolute atomic E-state index is 0.569. The average Bonchev–Trinajstić information content (AvgIpc) is 2.61. The van der Waals surface area contributed by atoms with Crippen molar-refractivity contribution in [2.45, 2.75) is 58.3 Å². The summed E-state index contributed by atoms with van der Waals surface area (Å²) in [6.45, 7) is 2.20. The zero-order chi connectivity index (χ0) is 13.9. The van der Waals surface area contributed by atoms with E-state index < -0.39 is 0 Å². The Morgan fingerprint density at radius 3 is 2.20 bits per heavy atom. The lowest BCUT2D eigenvalue weighted by Gasteiger charge is -2.57. The molecule has 0 aliphatic heterocycles. The van der Waals surface area contributed by atoms with Gasteiger partial charge in [-0.3, -0.25) is 4.68 Å². The first kappa shape index (κ1) is 12.7. The summed E-state index contributed by atoms with van der Waals surface area (Å²) < 4.78 is 1.88. The Kier molecular flexibility index (Phi) is 2.71. The van der Waals surface area contributed by atoms with Gasteiger partial charge in [-0.2, -0.15) is 5.10 Å². The third-order valence-electron chi connectivity index (χ3n) is 6.34. The summed E-state index contributed by atoms with van der Waals surface area (Å²) in [6.07, 6.45) is 11.1. The second-order valence-electron chi connectivity index (χ2n) is 7.88. The van der Waals surface area contributed by atoms with Crippen LogP contribution in [0.2, 0.25) is 0 Å². The average molecular weight is 273 g/mol. The van der Waals surface area contributed by atoms with E-state index in [0.29, 0.717) is 5.41 Å². The molecule has 0 atom stereocenters. The van der Waals surface area contributed by atoms with Gasteiger partial charge in [0.15, 0.2) is 0 Å². The predicted octanol–water partition coefficient (Wildman–Crippen LogP) is 3.32. The molecular formula is C17H27N3. The van der Waals surface area contributed by atoms with Crippen LogP contribution in [0.4, 0.5) is 5.82 Å². The van der Waals surface area contributed by atoms with Crippen LogP contribution >= 0.6 is 0 Å². The fourth-order valence-electron chi connectivity index (χ4n) is 6.03. The van der Waals surface area contributed by atoms with Crippen molar-refractivity contribution < 1.29 is 0 Å². The zero-order valence-corrected chi connectivity index (χ0v) is 12.9. The molecule has 0 unspecified atom stereocenters. The van der Waals surface area contributed by atoms with Gasteiger partial charge in [0.05, 0.1) is 5.69 Å². The first-order valence-corrected chi connectivity index (χ1v) is 8.39. The van der Waals surface area contributed by atoms with Crippen LogP contribution in [0.15, 0.2) is 0 Å². The van der Waals surface area contributed by atoms with Gasteiger partial charge in [0.25, 0.3) is 0 Å². The Morgan fingerprint density at radius 1 is 1.15 bits per heavy atom. The summed E-state index contributed by atoms with van der Waals surface area (Å²) in [5.74, 6) is 3.94. The predicted molar refractivity (Wildman–Crippen MR) is 81.3 cm³/mol. The molecule has 4 aliphatic carbocycles. The minimum Gasteiger partial charge on any atom is -0.384 e. The highest BCUT2D eigenvalue weighted by atomic mass is 15.3. The fourth-order valence-corrected chi connectivity index (χ4v) is 6.03. The molecule has 0 radical (unpaired) electrons. The van der Waals surface area contributed by atoms with Crippen molar-refractivity contribution in [2.75, 3.05) is 5.73 Å². The molecule has 3 nitrogen and oxygen atoms in total. The number of hydrogen-bond acceptors (Lipinski definition) is 2. The highest BCUT2D eigenvalue weighted by Gasteiger charge is 2.51. The fraction of sp³-hybridized carbons (Fsp3) is 0.824. The smallest absolute Gasteiger partial charge is 0.124 e. The van der Waals surface area contributed by atoms with Crippen molar-refractivity contribution in [1.82, 2.24) is 9.78 Å². The van der Waals surface area contributed by atoms with Crippen LogP contribution in [0.1, 0.15) is 56.7 Å². The van der Waals surface area contributed by atoms with E-state index in [1.54, 1.807) is 0 Å². The van der Waals surface area contributed by atoms with Crippen LogP contribution in [0.3, 0.4) is 0 Å². The first-order chi connectivity index (χ1) is 9.58. The van der Waals surface area contributed by atoms with Gasteiger partial charge in [-0.25, -0.2) is 0 Å². The van der Waals surface area contributed by atoms with Gasteiger partial charge < -0.3 is 5.73 Å². The topological polar surface area (TPSA) is 43.8 Å². The van der Waals surface area contributed by atoms with Gasteiger partial charge in [0, 0.05) is 12.6 Å². The van der Waals surface area contributed by atoms with Gasteiger partial charge in [-0.15, -0.1) is 0 Å². The van der Waals surface area contributed by atoms with Crippen LogP contribution in [0.25, 0.3) is 0 Å². The van der Waals surface area contributed by atoms with E-state index in [-0.39, 0.29) is 0 Å². The molecule has 4 fully saturated rings. The summed E-state index contributed by atoms with van der Waals surface area (Å²) in [7, 11) is 1.98. The van der Waals surface area contributed by atoms with Crippen LogP contribution in [0, 0.1) is 23.2 Å². The van der Waals surface area contributed by atoms with E-state index >= 15 is 0 Å². The lowest BCUT2D eigenvalue weighted by Crippen LogP contribution is -2.47. The monoisotopic (exact) mass is 273 g/mol. The lowest BCUT2D eigenvalue weighted by atomic mass is 9.48. The first-order valence-electron chi connectivity index (χ1n) is 8.39. The molecule has 4 aliphatic rings. The SMILES string of the molecule is CCc1c(CC23CC4CC(CC(C4)C2)C3)nn(C)c1N. The van der Waals surface area contributed by atoms with E-state index in [4.69, 9.17) is 10.8 Å². The number of nitrogens with zero attached hydrogens (tertiary/aromatic N) is 2. The van der Waals surface area contributed by atoms with Gasteiger partial charge >= 0.3 is 0 Å². The molecule has 2 N–H and O–H groups in total. The van der Waals surface area contributed by atoms with Crippen molar-refractivity contribution in [3.05, 3.63) is 11.3 Å². The number of nitrogen functional groups attached to an aromatic ring is 1. The largest absolute Gasteiger partial charge is 0.384 e. The number of rotatable bonds is 3.